The van der Waals surface area contributed by atoms with Crippen molar-refractivity contribution >= 4 is 37.1 Å². The predicted molar refractivity (Wildman–Crippen MR) is 57.7 cm³/mol. The Labute approximate surface area is 86.3 Å². The molecule has 0 aliphatic heterocycles. The second-order valence-electron chi connectivity index (χ2n) is 2.56. The molecular formula is C8H9ClO2S2. The summed E-state index contributed by atoms with van der Waals surface area (Å²) in [6.07, 6.45) is 3.31. The number of rotatable bonds is 3. The first-order chi connectivity index (χ1) is 5.97. The molecule has 0 spiro atoms. The molecule has 72 valence electrons. The summed E-state index contributed by atoms with van der Waals surface area (Å²) < 4.78 is 21.1. The average molecular weight is 237 g/mol. The molecule has 0 N–H and O–H groups in total. The van der Waals surface area contributed by atoms with Gasteiger partial charge in [0.15, 0.2) is 0 Å². The maximum Gasteiger partial charge on any atom is 0.236 e. The van der Waals surface area contributed by atoms with Gasteiger partial charge in [-0.15, -0.1) is 11.3 Å². The molecule has 0 amide bonds. The van der Waals surface area contributed by atoms with Crippen molar-refractivity contribution in [3.63, 3.8) is 0 Å². The molecule has 0 fully saturated rings. The minimum absolute atomic E-state index is 0.120. The average Bonchev–Trinajstić information content (AvgIpc) is 2.33. The van der Waals surface area contributed by atoms with Gasteiger partial charge in [-0.3, -0.25) is 0 Å². The molecule has 1 rings (SSSR count). The van der Waals surface area contributed by atoms with E-state index in [0.717, 1.165) is 4.88 Å². The fraction of sp³-hybridized carbons (Fsp3) is 0.250. The van der Waals surface area contributed by atoms with Gasteiger partial charge in [-0.05, 0) is 25.1 Å². The number of aryl methyl sites for hydroxylation is 1. The highest BCUT2D eigenvalue weighted by Gasteiger charge is 1.99. The molecule has 13 heavy (non-hydrogen) atoms. The molecule has 0 unspecified atom stereocenters. The Kier molecular flexibility index (Phi) is 3.53. The quantitative estimate of drug-likeness (QED) is 0.757. The van der Waals surface area contributed by atoms with Crippen LogP contribution in [0.3, 0.4) is 0 Å². The summed E-state index contributed by atoms with van der Waals surface area (Å²) in [5.74, 6) is -0.120. The number of halogens is 1. The molecule has 5 heteroatoms. The van der Waals surface area contributed by atoms with Crippen molar-refractivity contribution < 1.29 is 8.42 Å². The fourth-order valence-electron chi connectivity index (χ4n) is 0.822. The van der Waals surface area contributed by atoms with Crippen LogP contribution in [-0.4, -0.2) is 14.2 Å². The molecule has 1 heterocycles. The third kappa shape index (κ3) is 4.45. The van der Waals surface area contributed by atoms with Gasteiger partial charge >= 0.3 is 0 Å². The zero-order valence-electron chi connectivity index (χ0n) is 7.03. The Hall–Kier alpha value is -0.320. The molecule has 1 aromatic rings. The van der Waals surface area contributed by atoms with E-state index in [-0.39, 0.29) is 5.75 Å². The van der Waals surface area contributed by atoms with Crippen molar-refractivity contribution in [1.82, 2.24) is 0 Å². The normalized spacial score (nSPS) is 12.5. The predicted octanol–water partition coefficient (Wildman–Crippen LogP) is 2.64. The van der Waals surface area contributed by atoms with E-state index in [1.165, 1.54) is 4.88 Å². The third-order valence-electron chi connectivity index (χ3n) is 1.34. The first-order valence-electron chi connectivity index (χ1n) is 3.63. The summed E-state index contributed by atoms with van der Waals surface area (Å²) >= 11 is 1.61. The van der Waals surface area contributed by atoms with Gasteiger partial charge < -0.3 is 0 Å². The van der Waals surface area contributed by atoms with Crippen molar-refractivity contribution in [2.75, 3.05) is 5.75 Å². The van der Waals surface area contributed by atoms with Crippen molar-refractivity contribution in [2.24, 2.45) is 0 Å². The summed E-state index contributed by atoms with van der Waals surface area (Å²) in [4.78, 5) is 2.24. The first-order valence-corrected chi connectivity index (χ1v) is 6.92. The SMILES string of the molecule is Cc1ccc(/C=C\CS(=O)(=O)Cl)s1. The lowest BCUT2D eigenvalue weighted by Gasteiger charge is -1.85. The molecule has 0 atom stereocenters. The summed E-state index contributed by atoms with van der Waals surface area (Å²) in [6.45, 7) is 2.00. The maximum atomic E-state index is 10.5. The van der Waals surface area contributed by atoms with Crippen LogP contribution in [0.25, 0.3) is 6.08 Å². The molecule has 0 saturated heterocycles. The molecule has 0 saturated carbocycles. The Balaban J connectivity index is 2.60. The van der Waals surface area contributed by atoms with E-state index in [1.807, 2.05) is 19.1 Å². The Morgan fingerprint density at radius 1 is 1.54 bits per heavy atom. The van der Waals surface area contributed by atoms with Crippen molar-refractivity contribution in [3.8, 4) is 0 Å². The largest absolute Gasteiger partial charge is 0.236 e. The van der Waals surface area contributed by atoms with Gasteiger partial charge in [-0.2, -0.15) is 0 Å². The molecule has 0 aliphatic carbocycles. The van der Waals surface area contributed by atoms with Gasteiger partial charge in [0.2, 0.25) is 9.05 Å². The highest BCUT2D eigenvalue weighted by Crippen LogP contribution is 2.16. The molecule has 0 bridgehead atoms. The maximum absolute atomic E-state index is 10.5. The van der Waals surface area contributed by atoms with Crippen LogP contribution in [-0.2, 0) is 9.05 Å². The monoisotopic (exact) mass is 236 g/mol. The van der Waals surface area contributed by atoms with Gasteiger partial charge in [0.05, 0.1) is 5.75 Å². The van der Waals surface area contributed by atoms with Gasteiger partial charge in [0.25, 0.3) is 0 Å². The minimum Gasteiger partial charge on any atom is -0.212 e. The van der Waals surface area contributed by atoms with Gasteiger partial charge in [-0.25, -0.2) is 8.42 Å². The van der Waals surface area contributed by atoms with Crippen LogP contribution in [0.5, 0.6) is 0 Å². The van der Waals surface area contributed by atoms with Crippen molar-refractivity contribution in [1.29, 1.82) is 0 Å². The number of hydrogen-bond acceptors (Lipinski definition) is 3. The van der Waals surface area contributed by atoms with Gasteiger partial charge in [0, 0.05) is 20.4 Å². The highest BCUT2D eigenvalue weighted by atomic mass is 35.7. The van der Waals surface area contributed by atoms with E-state index in [2.05, 4.69) is 0 Å². The van der Waals surface area contributed by atoms with E-state index in [4.69, 9.17) is 10.7 Å². The first kappa shape index (κ1) is 10.8. The van der Waals surface area contributed by atoms with E-state index in [1.54, 1.807) is 23.5 Å². The molecular weight excluding hydrogens is 228 g/mol. The molecule has 2 nitrogen and oxygen atoms in total. The number of thiophene rings is 1. The lowest BCUT2D eigenvalue weighted by molar-refractivity contribution is 0.612. The van der Waals surface area contributed by atoms with E-state index < -0.39 is 9.05 Å². The second kappa shape index (κ2) is 4.26. The zero-order valence-corrected chi connectivity index (χ0v) is 9.42. The van der Waals surface area contributed by atoms with Crippen molar-refractivity contribution in [2.45, 2.75) is 6.92 Å². The molecule has 1 aromatic heterocycles. The second-order valence-corrected chi connectivity index (χ2v) is 6.70. The van der Waals surface area contributed by atoms with Gasteiger partial charge in [-0.1, -0.05) is 6.08 Å². The highest BCUT2D eigenvalue weighted by molar-refractivity contribution is 8.13. The lowest BCUT2D eigenvalue weighted by Crippen LogP contribution is -1.91. The van der Waals surface area contributed by atoms with Crippen LogP contribution >= 0.6 is 22.0 Å². The topological polar surface area (TPSA) is 34.1 Å². The summed E-state index contributed by atoms with van der Waals surface area (Å²) in [5.41, 5.74) is 0. The Bertz CT molecular complexity index is 404. The Morgan fingerprint density at radius 2 is 2.23 bits per heavy atom. The fourth-order valence-corrected chi connectivity index (χ4v) is 2.17. The standard InChI is InChI=1S/C8H9ClO2S2/c1-7-4-5-8(12-7)3-2-6-13(9,10)11/h2-5H,6H2,1H3/b3-2-. The van der Waals surface area contributed by atoms with Crippen LogP contribution in [0.2, 0.25) is 0 Å². The van der Waals surface area contributed by atoms with Crippen molar-refractivity contribution in [3.05, 3.63) is 28.0 Å². The zero-order chi connectivity index (χ0) is 9.90. The smallest absolute Gasteiger partial charge is 0.212 e. The van der Waals surface area contributed by atoms with Crippen LogP contribution in [0, 0.1) is 6.92 Å². The summed E-state index contributed by atoms with van der Waals surface area (Å²) in [6, 6.07) is 3.93. The minimum atomic E-state index is -3.40. The van der Waals surface area contributed by atoms with E-state index in [0.29, 0.717) is 0 Å². The van der Waals surface area contributed by atoms with E-state index >= 15 is 0 Å². The Morgan fingerprint density at radius 3 is 2.69 bits per heavy atom. The molecule has 0 radical (unpaired) electrons. The molecule has 0 aliphatic rings. The lowest BCUT2D eigenvalue weighted by atomic mass is 10.4. The summed E-state index contributed by atoms with van der Waals surface area (Å²) in [5, 5.41) is 0. The van der Waals surface area contributed by atoms with Crippen LogP contribution in [0.4, 0.5) is 0 Å². The van der Waals surface area contributed by atoms with Gasteiger partial charge in [0.1, 0.15) is 0 Å². The van der Waals surface area contributed by atoms with Crippen LogP contribution < -0.4 is 0 Å². The van der Waals surface area contributed by atoms with Crippen LogP contribution in [0.15, 0.2) is 18.2 Å². The van der Waals surface area contributed by atoms with E-state index in [9.17, 15) is 8.42 Å². The third-order valence-corrected chi connectivity index (χ3v) is 3.27. The molecule has 0 aromatic carbocycles. The van der Waals surface area contributed by atoms with Crippen LogP contribution in [0.1, 0.15) is 9.75 Å². The number of hydrogen-bond donors (Lipinski definition) is 0. The summed E-state index contributed by atoms with van der Waals surface area (Å²) in [7, 11) is 1.63.